The van der Waals surface area contributed by atoms with Gasteiger partial charge in [-0.3, -0.25) is 9.97 Å². The van der Waals surface area contributed by atoms with Gasteiger partial charge in [-0.05, 0) is 29.8 Å². The van der Waals surface area contributed by atoms with E-state index in [1.165, 1.54) is 12.4 Å². The third kappa shape index (κ3) is 4.42. The second-order valence-corrected chi connectivity index (χ2v) is 7.44. The van der Waals surface area contributed by atoms with E-state index in [0.29, 0.717) is 23.9 Å². The maximum atomic E-state index is 14.3. The summed E-state index contributed by atoms with van der Waals surface area (Å²) in [6, 6.07) is 9.09. The molecule has 1 aliphatic heterocycles. The van der Waals surface area contributed by atoms with Gasteiger partial charge < -0.3 is 20.7 Å². The van der Waals surface area contributed by atoms with E-state index in [2.05, 4.69) is 36.0 Å². The number of pyridine rings is 2. The Morgan fingerprint density at radius 2 is 2.19 bits per heavy atom. The minimum absolute atomic E-state index is 0.133. The lowest BCUT2D eigenvalue weighted by atomic mass is 10.2. The SMILES string of the molecule is Fc1cnccc1Nc1nc(-c2ccccn2)nn2ccc(CNCC3CNCCO3)c12. The second-order valence-electron chi connectivity index (χ2n) is 7.44. The zero-order valence-electron chi connectivity index (χ0n) is 17.3. The summed E-state index contributed by atoms with van der Waals surface area (Å²) >= 11 is 0. The highest BCUT2D eigenvalue weighted by atomic mass is 19.1. The first kappa shape index (κ1) is 20.4. The van der Waals surface area contributed by atoms with Gasteiger partial charge >= 0.3 is 0 Å². The van der Waals surface area contributed by atoms with Crippen molar-refractivity contribution in [3.05, 3.63) is 66.5 Å². The highest BCUT2D eigenvalue weighted by Gasteiger charge is 2.17. The van der Waals surface area contributed by atoms with Gasteiger partial charge in [0.1, 0.15) is 11.2 Å². The third-order valence-corrected chi connectivity index (χ3v) is 5.21. The molecule has 32 heavy (non-hydrogen) atoms. The third-order valence-electron chi connectivity index (χ3n) is 5.21. The summed E-state index contributed by atoms with van der Waals surface area (Å²) in [4.78, 5) is 12.8. The van der Waals surface area contributed by atoms with Crippen LogP contribution in [0.1, 0.15) is 5.56 Å². The van der Waals surface area contributed by atoms with Crippen LogP contribution in [-0.4, -0.2) is 56.9 Å². The van der Waals surface area contributed by atoms with E-state index in [9.17, 15) is 4.39 Å². The molecule has 1 atom stereocenters. The lowest BCUT2D eigenvalue weighted by Gasteiger charge is -2.23. The number of nitrogens with zero attached hydrogens (tertiary/aromatic N) is 5. The Morgan fingerprint density at radius 3 is 3.00 bits per heavy atom. The van der Waals surface area contributed by atoms with Gasteiger partial charge in [-0.25, -0.2) is 13.9 Å². The number of aromatic nitrogens is 5. The molecule has 9 nitrogen and oxygen atoms in total. The lowest BCUT2D eigenvalue weighted by Crippen LogP contribution is -2.43. The number of ether oxygens (including phenoxy) is 1. The smallest absolute Gasteiger partial charge is 0.200 e. The number of hydrogen-bond donors (Lipinski definition) is 3. The molecule has 5 heterocycles. The molecule has 5 rings (SSSR count). The average Bonchev–Trinajstić information content (AvgIpc) is 3.25. The van der Waals surface area contributed by atoms with Crippen LogP contribution in [0.4, 0.5) is 15.9 Å². The molecule has 0 radical (unpaired) electrons. The monoisotopic (exact) mass is 434 g/mol. The molecule has 1 aliphatic rings. The van der Waals surface area contributed by atoms with Crippen molar-refractivity contribution in [3.8, 4) is 11.5 Å². The second kappa shape index (κ2) is 9.35. The lowest BCUT2D eigenvalue weighted by molar-refractivity contribution is 0.0291. The van der Waals surface area contributed by atoms with Crippen molar-refractivity contribution >= 4 is 17.0 Å². The molecule has 3 N–H and O–H groups in total. The molecule has 0 aromatic carbocycles. The average molecular weight is 434 g/mol. The van der Waals surface area contributed by atoms with Gasteiger partial charge in [0.25, 0.3) is 0 Å². The van der Waals surface area contributed by atoms with Crippen LogP contribution >= 0.6 is 0 Å². The molecule has 4 aromatic rings. The standard InChI is InChI=1S/C22H23FN8O/c23-17-14-24-7-4-18(17)28-22-20-15(11-26-13-16-12-25-8-10-32-16)5-9-31(20)30-21(29-22)19-3-1-2-6-27-19/h1-7,9,14,16,25-26H,8,10-13H2,(H,24,28,29,30). The van der Waals surface area contributed by atoms with Gasteiger partial charge in [0.2, 0.25) is 5.82 Å². The normalized spacial score (nSPS) is 16.3. The molecule has 0 amide bonds. The molecule has 4 aromatic heterocycles. The van der Waals surface area contributed by atoms with Gasteiger partial charge in [-0.15, -0.1) is 5.10 Å². The fourth-order valence-electron chi connectivity index (χ4n) is 3.64. The molecule has 1 saturated heterocycles. The quantitative estimate of drug-likeness (QED) is 0.407. The van der Waals surface area contributed by atoms with E-state index in [1.54, 1.807) is 16.8 Å². The van der Waals surface area contributed by atoms with Crippen LogP contribution in [0.25, 0.3) is 17.0 Å². The summed E-state index contributed by atoms with van der Waals surface area (Å²) in [5, 5.41) is 14.5. The van der Waals surface area contributed by atoms with Crippen LogP contribution in [0.2, 0.25) is 0 Å². The van der Waals surface area contributed by atoms with Gasteiger partial charge in [0, 0.05) is 44.8 Å². The van der Waals surface area contributed by atoms with Crippen molar-refractivity contribution in [1.29, 1.82) is 0 Å². The summed E-state index contributed by atoms with van der Waals surface area (Å²) in [5.74, 6) is 0.465. The molecule has 1 fully saturated rings. The van der Waals surface area contributed by atoms with Crippen molar-refractivity contribution < 1.29 is 9.13 Å². The summed E-state index contributed by atoms with van der Waals surface area (Å²) in [6.45, 7) is 3.75. The molecular formula is C22H23FN8O. The zero-order chi connectivity index (χ0) is 21.8. The Labute approximate surface area is 184 Å². The maximum absolute atomic E-state index is 14.3. The van der Waals surface area contributed by atoms with Crippen LogP contribution in [0.3, 0.4) is 0 Å². The topological polar surface area (TPSA) is 101 Å². The summed E-state index contributed by atoms with van der Waals surface area (Å²) in [5.41, 5.74) is 2.66. The fraction of sp³-hybridized carbons (Fsp3) is 0.273. The first-order valence-electron chi connectivity index (χ1n) is 10.5. The van der Waals surface area contributed by atoms with Crippen molar-refractivity contribution in [2.75, 3.05) is 31.6 Å². The molecule has 0 spiro atoms. The molecule has 164 valence electrons. The van der Waals surface area contributed by atoms with E-state index >= 15 is 0 Å². The Bertz CT molecular complexity index is 1190. The number of anilines is 2. The van der Waals surface area contributed by atoms with Crippen molar-refractivity contribution in [2.45, 2.75) is 12.6 Å². The fourth-order valence-corrected chi connectivity index (χ4v) is 3.64. The van der Waals surface area contributed by atoms with E-state index in [-0.39, 0.29) is 11.8 Å². The number of nitrogens with one attached hydrogen (secondary N) is 3. The Kier molecular flexibility index (Phi) is 5.97. The minimum Gasteiger partial charge on any atom is -0.374 e. The predicted octanol–water partition coefficient (Wildman–Crippen LogP) is 2.15. The Balaban J connectivity index is 1.47. The van der Waals surface area contributed by atoms with Crippen LogP contribution in [0.5, 0.6) is 0 Å². The van der Waals surface area contributed by atoms with E-state index < -0.39 is 5.82 Å². The minimum atomic E-state index is -0.461. The summed E-state index contributed by atoms with van der Waals surface area (Å²) < 4.78 is 21.8. The predicted molar refractivity (Wildman–Crippen MR) is 118 cm³/mol. The first-order valence-corrected chi connectivity index (χ1v) is 10.5. The Hall–Kier alpha value is -3.47. The number of morpholine rings is 1. The van der Waals surface area contributed by atoms with Gasteiger partial charge in [0.15, 0.2) is 11.6 Å². The zero-order valence-corrected chi connectivity index (χ0v) is 17.3. The van der Waals surface area contributed by atoms with Gasteiger partial charge in [0.05, 0.1) is 24.6 Å². The van der Waals surface area contributed by atoms with Crippen molar-refractivity contribution in [3.63, 3.8) is 0 Å². The maximum Gasteiger partial charge on any atom is 0.200 e. The first-order chi connectivity index (χ1) is 15.8. The number of halogens is 1. The molecular weight excluding hydrogens is 411 g/mol. The van der Waals surface area contributed by atoms with Gasteiger partial charge in [-0.1, -0.05) is 6.07 Å². The molecule has 0 aliphatic carbocycles. The van der Waals surface area contributed by atoms with Crippen molar-refractivity contribution in [2.24, 2.45) is 0 Å². The molecule has 0 bridgehead atoms. The number of hydrogen-bond acceptors (Lipinski definition) is 8. The molecule has 1 unspecified atom stereocenters. The molecule has 0 saturated carbocycles. The Morgan fingerprint density at radius 1 is 1.22 bits per heavy atom. The van der Waals surface area contributed by atoms with Crippen LogP contribution < -0.4 is 16.0 Å². The number of fused-ring (bicyclic) bond motifs is 1. The van der Waals surface area contributed by atoms with Gasteiger partial charge in [-0.2, -0.15) is 0 Å². The van der Waals surface area contributed by atoms with Crippen LogP contribution in [0.15, 0.2) is 55.1 Å². The van der Waals surface area contributed by atoms with E-state index in [4.69, 9.17) is 4.74 Å². The summed E-state index contributed by atoms with van der Waals surface area (Å²) in [7, 11) is 0. The largest absolute Gasteiger partial charge is 0.374 e. The van der Waals surface area contributed by atoms with Crippen molar-refractivity contribution in [1.82, 2.24) is 35.2 Å². The van der Waals surface area contributed by atoms with Crippen LogP contribution in [0, 0.1) is 5.82 Å². The highest BCUT2D eigenvalue weighted by molar-refractivity contribution is 5.78. The highest BCUT2D eigenvalue weighted by Crippen LogP contribution is 2.27. The van der Waals surface area contributed by atoms with E-state index in [0.717, 1.165) is 37.3 Å². The van der Waals surface area contributed by atoms with E-state index in [1.807, 2.05) is 30.5 Å². The number of rotatable bonds is 7. The molecule has 10 heteroatoms. The summed E-state index contributed by atoms with van der Waals surface area (Å²) in [6.07, 6.45) is 6.38. The van der Waals surface area contributed by atoms with Crippen LogP contribution in [-0.2, 0) is 11.3 Å².